The number of hydrogen-bond donors (Lipinski definition) is 2. The molecule has 2 aromatic heterocycles. The van der Waals surface area contributed by atoms with Gasteiger partial charge in [-0.05, 0) is 0 Å². The van der Waals surface area contributed by atoms with Crippen LogP contribution < -0.4 is 11.0 Å². The van der Waals surface area contributed by atoms with Crippen LogP contribution in [0.15, 0.2) is 127 Å². The molecule has 6 bridgehead atoms. The second kappa shape index (κ2) is 14.9. The van der Waals surface area contributed by atoms with E-state index >= 15 is 0 Å². The number of amidine groups is 4. The van der Waals surface area contributed by atoms with E-state index in [1.54, 1.807) is 0 Å². The third-order valence-corrected chi connectivity index (χ3v) is 20.2. The first-order chi connectivity index (χ1) is 30.1. The van der Waals surface area contributed by atoms with E-state index in [0.717, 1.165) is 95.2 Å². The van der Waals surface area contributed by atoms with Gasteiger partial charge < -0.3 is 0 Å². The van der Waals surface area contributed by atoms with Crippen molar-refractivity contribution in [3.63, 3.8) is 0 Å². The quantitative estimate of drug-likeness (QED) is 0.159. The molecule has 0 amide bonds. The Balaban J connectivity index is 1.23. The average molecular weight is 872 g/mol. The van der Waals surface area contributed by atoms with Gasteiger partial charge in [-0.25, -0.2) is 0 Å². The second-order valence-corrected chi connectivity index (χ2v) is 22.8. The number of aliphatic imine (C=N–C) groups is 4. The molecule has 306 valence electrons. The topological polar surface area (TPSA) is 143 Å². The number of fused-ring (bicyclic) bond motifs is 14. The van der Waals surface area contributed by atoms with Crippen molar-refractivity contribution in [2.45, 2.75) is 51.4 Å². The standard InChI is InChI=1S/C48H46GeN8O4/c58-25-29-17-21-31(22-18-29)27-60-49(61-28-32-23-19-30(26-59)20-24-32)56-45-37-13-5-6-14-38(37)47(56)54-43-35-11-3-4-12-36(35)44(51-43)55-48-40-16-8-7-15-39(40)46(57(48)49)53-42-34-10-2-1-9-33(34)41(50-42)52-45/h1-16,29-32,58-59H,17-28H2. The van der Waals surface area contributed by atoms with Crippen molar-refractivity contribution < 1.29 is 17.7 Å². The maximum atomic E-state index is 10.1. The fourth-order valence-corrected chi connectivity index (χ4v) is 17.6. The van der Waals surface area contributed by atoms with Gasteiger partial charge in [0.25, 0.3) is 0 Å². The molecule has 0 atom stereocenters. The summed E-state index contributed by atoms with van der Waals surface area (Å²) in [5.41, 5.74) is 4.97. The molecule has 61 heavy (non-hydrogen) atoms. The van der Waals surface area contributed by atoms with Gasteiger partial charge in [-0.15, -0.1) is 0 Å². The summed E-state index contributed by atoms with van der Waals surface area (Å²) < 4.78 is 20.3. The van der Waals surface area contributed by atoms with E-state index < -0.39 is 14.4 Å². The summed E-state index contributed by atoms with van der Waals surface area (Å²) in [4.78, 5) is 32.7. The van der Waals surface area contributed by atoms with Crippen molar-refractivity contribution >= 4 is 70.9 Å². The van der Waals surface area contributed by atoms with Crippen LogP contribution >= 0.6 is 0 Å². The molecule has 6 aliphatic rings. The van der Waals surface area contributed by atoms with Crippen LogP contribution in [0.4, 0.5) is 11.6 Å². The fraction of sp³-hybridized carbons (Fsp3) is 0.333. The molecule has 12 nitrogen and oxygen atoms in total. The minimum absolute atomic E-state index is 0.213. The van der Waals surface area contributed by atoms with Crippen LogP contribution in [0, 0.1) is 23.7 Å². The molecule has 2 N–H and O–H groups in total. The second-order valence-electron chi connectivity index (χ2n) is 17.4. The third-order valence-electron chi connectivity index (χ3n) is 13.8. The summed E-state index contributed by atoms with van der Waals surface area (Å²) in [7, 11) is 0. The zero-order valence-corrected chi connectivity index (χ0v) is 35.9. The molecule has 13 heteroatoms. The molecule has 6 aromatic rings. The molecular formula is C48H46GeN8O4. The molecule has 0 saturated heterocycles. The van der Waals surface area contributed by atoms with Crippen molar-refractivity contribution in [2.75, 3.05) is 26.4 Å². The van der Waals surface area contributed by atoms with Crippen LogP contribution in [0.3, 0.4) is 0 Å². The summed E-state index contributed by atoms with van der Waals surface area (Å²) in [5.74, 6) is 4.78. The van der Waals surface area contributed by atoms with E-state index in [4.69, 9.17) is 37.5 Å². The van der Waals surface area contributed by atoms with Crippen molar-refractivity contribution in [2.24, 2.45) is 53.6 Å². The molecule has 6 heterocycles. The zero-order valence-electron chi connectivity index (χ0n) is 33.8. The summed E-state index contributed by atoms with van der Waals surface area (Å²) in [6, 6.07) is 33.0. The minimum atomic E-state index is -5.06. The number of aromatic nitrogens is 2. The molecule has 0 spiro atoms. The maximum absolute atomic E-state index is 10.1. The van der Waals surface area contributed by atoms with Crippen LogP contribution in [0.25, 0.3) is 21.5 Å². The van der Waals surface area contributed by atoms with Crippen LogP contribution in [-0.2, 0) is 7.53 Å². The Hall–Kier alpha value is -5.38. The van der Waals surface area contributed by atoms with Gasteiger partial charge in [0.15, 0.2) is 0 Å². The first-order valence-corrected chi connectivity index (χ1v) is 25.4. The molecule has 2 aliphatic carbocycles. The Morgan fingerprint density at radius 2 is 0.770 bits per heavy atom. The van der Waals surface area contributed by atoms with Crippen LogP contribution in [0.5, 0.6) is 0 Å². The predicted octanol–water partition coefficient (Wildman–Crippen LogP) is 7.00. The Morgan fingerprint density at radius 3 is 1.16 bits per heavy atom. The average Bonchev–Trinajstić information content (AvgIpc) is 4.03. The predicted molar refractivity (Wildman–Crippen MR) is 238 cm³/mol. The molecule has 2 fully saturated rings. The Labute approximate surface area is 355 Å². The monoisotopic (exact) mass is 872 g/mol. The van der Waals surface area contributed by atoms with Crippen molar-refractivity contribution in [3.8, 4) is 0 Å². The Kier molecular flexibility index (Phi) is 9.14. The molecule has 0 unspecified atom stereocenters. The number of benzene rings is 4. The Morgan fingerprint density at radius 1 is 0.426 bits per heavy atom. The number of aliphatic hydroxyl groups is 2. The first-order valence-electron chi connectivity index (χ1n) is 21.9. The van der Waals surface area contributed by atoms with E-state index in [-0.39, 0.29) is 25.0 Å². The zero-order chi connectivity index (χ0) is 40.7. The summed E-state index contributed by atoms with van der Waals surface area (Å²) in [6.45, 7) is 1.33. The van der Waals surface area contributed by atoms with Crippen LogP contribution in [0.1, 0.15) is 73.6 Å². The molecule has 2 saturated carbocycles. The van der Waals surface area contributed by atoms with Gasteiger partial charge in [0.05, 0.1) is 0 Å². The van der Waals surface area contributed by atoms with Crippen molar-refractivity contribution in [3.05, 3.63) is 130 Å². The normalized spacial score (nSPS) is 24.8. The van der Waals surface area contributed by atoms with Gasteiger partial charge in [-0.1, -0.05) is 0 Å². The van der Waals surface area contributed by atoms with E-state index in [1.807, 2.05) is 24.3 Å². The summed E-state index contributed by atoms with van der Waals surface area (Å²) >= 11 is -5.06. The van der Waals surface area contributed by atoms with E-state index in [2.05, 4.69) is 79.8 Å². The number of aliphatic hydroxyl groups excluding tert-OH is 2. The molecule has 4 aliphatic heterocycles. The third kappa shape index (κ3) is 6.01. The van der Waals surface area contributed by atoms with Gasteiger partial charge >= 0.3 is 357 Å². The van der Waals surface area contributed by atoms with Crippen LogP contribution in [-0.4, -0.2) is 81.4 Å². The molecule has 12 rings (SSSR count). The van der Waals surface area contributed by atoms with Gasteiger partial charge in [0, 0.05) is 0 Å². The van der Waals surface area contributed by atoms with E-state index in [0.29, 0.717) is 71.0 Å². The summed E-state index contributed by atoms with van der Waals surface area (Å²) in [6.07, 6.45) is 7.62. The molecule has 0 radical (unpaired) electrons. The SMILES string of the molecule is OCC1CCC(C[O][Ge]2([O]CC3CCC(CO)CC3)[n]3c4c5ccccc5c3N=C3N=C(N=c5c6ccccc6c([n]52)=NC2=NC(=N4)c4ccccc42)c2ccccc23)CC1. The fourth-order valence-electron chi connectivity index (χ4n) is 10.3. The summed E-state index contributed by atoms with van der Waals surface area (Å²) in [5, 5.41) is 23.8. The van der Waals surface area contributed by atoms with Gasteiger partial charge in [-0.2, -0.15) is 0 Å². The van der Waals surface area contributed by atoms with Crippen molar-refractivity contribution in [1.29, 1.82) is 0 Å². The van der Waals surface area contributed by atoms with Gasteiger partial charge in [0.2, 0.25) is 0 Å². The molecule has 4 aromatic carbocycles. The Bertz CT molecular complexity index is 2830. The van der Waals surface area contributed by atoms with E-state index in [1.165, 1.54) is 0 Å². The van der Waals surface area contributed by atoms with Crippen molar-refractivity contribution in [1.82, 2.24) is 7.05 Å². The van der Waals surface area contributed by atoms with Gasteiger partial charge in [0.1, 0.15) is 0 Å². The number of hydrogen-bond acceptors (Lipinski definition) is 10. The van der Waals surface area contributed by atoms with E-state index in [9.17, 15) is 10.2 Å². The number of nitrogens with zero attached hydrogens (tertiary/aromatic N) is 8. The van der Waals surface area contributed by atoms with Gasteiger partial charge in [-0.3, -0.25) is 0 Å². The van der Waals surface area contributed by atoms with Crippen LogP contribution in [0.2, 0.25) is 0 Å². The number of rotatable bonds is 8. The first kappa shape index (κ1) is 37.4. The molecular weight excluding hydrogens is 825 g/mol.